The molecule has 0 aromatic rings. The Balaban J connectivity index is 2.00. The van der Waals surface area contributed by atoms with E-state index in [1.807, 2.05) is 0 Å². The van der Waals surface area contributed by atoms with Crippen molar-refractivity contribution in [1.82, 2.24) is 0 Å². The highest BCUT2D eigenvalue weighted by molar-refractivity contribution is 5.81. The highest BCUT2D eigenvalue weighted by Gasteiger charge is 2.46. The lowest BCUT2D eigenvalue weighted by molar-refractivity contribution is -0.163. The summed E-state index contributed by atoms with van der Waals surface area (Å²) in [6.45, 7) is 14.3. The number of ether oxygens (including phenoxy) is 1. The summed E-state index contributed by atoms with van der Waals surface area (Å²) in [5, 5.41) is 9.57. The zero-order valence-corrected chi connectivity index (χ0v) is 20.3. The van der Waals surface area contributed by atoms with Gasteiger partial charge >= 0.3 is 11.9 Å². The van der Waals surface area contributed by atoms with Crippen LogP contribution in [0.2, 0.25) is 0 Å². The van der Waals surface area contributed by atoms with Crippen LogP contribution in [0.1, 0.15) is 99.3 Å². The molecule has 0 bridgehead atoms. The van der Waals surface area contributed by atoms with Crippen molar-refractivity contribution < 1.29 is 19.4 Å². The number of aliphatic carboxylic acids is 1. The highest BCUT2D eigenvalue weighted by atomic mass is 16.5. The van der Waals surface area contributed by atoms with Gasteiger partial charge in [-0.2, -0.15) is 0 Å². The van der Waals surface area contributed by atoms with Crippen molar-refractivity contribution >= 4 is 11.9 Å². The molecule has 2 aliphatic carbocycles. The molecule has 7 unspecified atom stereocenters. The summed E-state index contributed by atoms with van der Waals surface area (Å²) >= 11 is 0. The Morgan fingerprint density at radius 1 is 1.10 bits per heavy atom. The van der Waals surface area contributed by atoms with E-state index in [1.54, 1.807) is 0 Å². The summed E-state index contributed by atoms with van der Waals surface area (Å²) in [6.07, 6.45) is 9.48. The van der Waals surface area contributed by atoms with E-state index in [-0.39, 0.29) is 5.97 Å². The first-order chi connectivity index (χ1) is 14.1. The molecule has 0 spiro atoms. The van der Waals surface area contributed by atoms with Crippen LogP contribution in [-0.4, -0.2) is 23.7 Å². The van der Waals surface area contributed by atoms with E-state index in [0.717, 1.165) is 12.8 Å². The third kappa shape index (κ3) is 5.79. The van der Waals surface area contributed by atoms with Crippen LogP contribution >= 0.6 is 0 Å². The normalized spacial score (nSPS) is 37.2. The fourth-order valence-electron chi connectivity index (χ4n) is 6.26. The maximum atomic E-state index is 12.8. The molecule has 0 radical (unpaired) electrons. The molecule has 2 fully saturated rings. The first kappa shape index (κ1) is 25.2. The van der Waals surface area contributed by atoms with Crippen LogP contribution in [0.25, 0.3) is 0 Å². The average Bonchev–Trinajstić information content (AvgIpc) is 2.69. The number of esters is 1. The molecular formula is C26H46O4. The molecule has 0 heterocycles. The van der Waals surface area contributed by atoms with E-state index in [2.05, 4.69) is 41.5 Å². The predicted molar refractivity (Wildman–Crippen MR) is 121 cm³/mol. The van der Waals surface area contributed by atoms with Gasteiger partial charge in [-0.3, -0.25) is 9.59 Å². The topological polar surface area (TPSA) is 63.6 Å². The molecule has 4 heteroatoms. The lowest BCUT2D eigenvalue weighted by Gasteiger charge is -2.51. The van der Waals surface area contributed by atoms with Gasteiger partial charge in [-0.1, -0.05) is 60.8 Å². The fraction of sp³-hybridized carbons (Fsp3) is 0.923. The molecule has 1 N–H and O–H groups in total. The van der Waals surface area contributed by atoms with Crippen LogP contribution in [0.3, 0.4) is 0 Å². The summed E-state index contributed by atoms with van der Waals surface area (Å²) in [7, 11) is 0. The number of carboxylic acid groups (broad SMARTS) is 1. The van der Waals surface area contributed by atoms with Gasteiger partial charge in [0.15, 0.2) is 0 Å². The largest absolute Gasteiger partial charge is 0.481 e. The van der Waals surface area contributed by atoms with Crippen molar-refractivity contribution in [1.29, 1.82) is 0 Å². The van der Waals surface area contributed by atoms with E-state index in [1.165, 1.54) is 32.1 Å². The summed E-state index contributed by atoms with van der Waals surface area (Å²) in [5.74, 6) is 0.399. The van der Waals surface area contributed by atoms with Gasteiger partial charge in [-0.15, -0.1) is 0 Å². The Morgan fingerprint density at radius 2 is 1.80 bits per heavy atom. The predicted octanol–water partition coefficient (Wildman–Crippen LogP) is 6.57. The minimum atomic E-state index is -0.849. The second-order valence-electron chi connectivity index (χ2n) is 11.0. The van der Waals surface area contributed by atoms with Crippen LogP contribution in [0.5, 0.6) is 0 Å². The number of hydrogen-bond donors (Lipinski definition) is 1. The molecule has 0 aromatic carbocycles. The molecular weight excluding hydrogens is 376 g/mol. The average molecular weight is 423 g/mol. The smallest absolute Gasteiger partial charge is 0.309 e. The van der Waals surface area contributed by atoms with Crippen molar-refractivity contribution in [3.8, 4) is 0 Å². The standard InChI is InChI=1S/C26H46O4/c1-7-8-9-10-23-19(5)20(13-14-26(23,6)17(2)3)16-30-25(29)21-12-11-18(4)15-22(21)24(27)28/h17-23H,7-16H2,1-6H3,(H,27,28). The van der Waals surface area contributed by atoms with Crippen LogP contribution in [-0.2, 0) is 14.3 Å². The Labute approximate surface area is 184 Å². The zero-order valence-electron chi connectivity index (χ0n) is 20.3. The number of hydrogen-bond acceptors (Lipinski definition) is 3. The van der Waals surface area contributed by atoms with Gasteiger partial charge in [0.05, 0.1) is 18.4 Å². The monoisotopic (exact) mass is 422 g/mol. The third-order valence-electron chi connectivity index (χ3n) is 8.89. The van der Waals surface area contributed by atoms with Crippen molar-refractivity contribution in [2.75, 3.05) is 6.61 Å². The number of unbranched alkanes of at least 4 members (excludes halogenated alkanes) is 2. The molecule has 0 saturated heterocycles. The molecule has 2 saturated carbocycles. The van der Waals surface area contributed by atoms with E-state index in [0.29, 0.717) is 54.5 Å². The van der Waals surface area contributed by atoms with E-state index < -0.39 is 17.8 Å². The van der Waals surface area contributed by atoms with Crippen LogP contribution in [0.4, 0.5) is 0 Å². The summed E-state index contributed by atoms with van der Waals surface area (Å²) in [6, 6.07) is 0. The molecule has 4 nitrogen and oxygen atoms in total. The minimum Gasteiger partial charge on any atom is -0.481 e. The van der Waals surface area contributed by atoms with Gasteiger partial charge in [0, 0.05) is 0 Å². The van der Waals surface area contributed by atoms with Crippen LogP contribution in [0.15, 0.2) is 0 Å². The Morgan fingerprint density at radius 3 is 2.40 bits per heavy atom. The second kappa shape index (κ2) is 11.0. The van der Waals surface area contributed by atoms with Crippen molar-refractivity contribution in [2.45, 2.75) is 99.3 Å². The molecule has 7 atom stereocenters. The summed E-state index contributed by atoms with van der Waals surface area (Å²) in [5.41, 5.74) is 0.349. The quantitative estimate of drug-likeness (QED) is 0.337. The summed E-state index contributed by atoms with van der Waals surface area (Å²) < 4.78 is 5.81. The van der Waals surface area contributed by atoms with E-state index in [4.69, 9.17) is 4.74 Å². The van der Waals surface area contributed by atoms with Gasteiger partial charge in [-0.05, 0) is 73.5 Å². The maximum Gasteiger partial charge on any atom is 0.309 e. The first-order valence-electron chi connectivity index (χ1n) is 12.5. The first-order valence-corrected chi connectivity index (χ1v) is 12.5. The number of carboxylic acids is 1. The molecule has 2 aliphatic rings. The molecule has 174 valence electrons. The Hall–Kier alpha value is -1.06. The molecule has 2 rings (SSSR count). The number of carbonyl (C=O) groups is 2. The van der Waals surface area contributed by atoms with E-state index >= 15 is 0 Å². The van der Waals surface area contributed by atoms with Crippen molar-refractivity contribution in [2.24, 2.45) is 46.8 Å². The van der Waals surface area contributed by atoms with E-state index in [9.17, 15) is 14.7 Å². The van der Waals surface area contributed by atoms with Gasteiger partial charge in [0.25, 0.3) is 0 Å². The Kier molecular flexibility index (Phi) is 9.24. The number of rotatable bonds is 9. The maximum absolute atomic E-state index is 12.8. The Bertz CT molecular complexity index is 571. The second-order valence-corrected chi connectivity index (χ2v) is 11.0. The van der Waals surface area contributed by atoms with Crippen molar-refractivity contribution in [3.05, 3.63) is 0 Å². The lowest BCUT2D eigenvalue weighted by atomic mass is 9.54. The highest BCUT2D eigenvalue weighted by Crippen LogP contribution is 2.53. The van der Waals surface area contributed by atoms with Crippen LogP contribution < -0.4 is 0 Å². The molecule has 0 aliphatic heterocycles. The third-order valence-corrected chi connectivity index (χ3v) is 8.89. The van der Waals surface area contributed by atoms with Gasteiger partial charge in [-0.25, -0.2) is 0 Å². The van der Waals surface area contributed by atoms with Crippen molar-refractivity contribution in [3.63, 3.8) is 0 Å². The summed E-state index contributed by atoms with van der Waals surface area (Å²) in [4.78, 5) is 24.5. The van der Waals surface area contributed by atoms with Gasteiger partial charge in [0.2, 0.25) is 0 Å². The SMILES string of the molecule is CCCCCC1C(C)C(COC(=O)C2CCC(C)CC2C(=O)O)CCC1(C)C(C)C. The van der Waals surface area contributed by atoms with Gasteiger partial charge in [0.1, 0.15) is 0 Å². The molecule has 30 heavy (non-hydrogen) atoms. The molecule has 0 aromatic heterocycles. The lowest BCUT2D eigenvalue weighted by Crippen LogP contribution is -2.45. The zero-order chi connectivity index (χ0) is 22.5. The molecule has 0 amide bonds. The fourth-order valence-corrected chi connectivity index (χ4v) is 6.26. The number of carbonyl (C=O) groups excluding carboxylic acids is 1. The van der Waals surface area contributed by atoms with Gasteiger partial charge < -0.3 is 9.84 Å². The van der Waals surface area contributed by atoms with Crippen LogP contribution in [0, 0.1) is 46.8 Å². The minimum absolute atomic E-state index is 0.277.